The molecule has 0 aliphatic heterocycles. The van der Waals surface area contributed by atoms with Crippen molar-refractivity contribution in [1.29, 1.82) is 0 Å². The molecule has 2 atom stereocenters. The van der Waals surface area contributed by atoms with Gasteiger partial charge in [0.1, 0.15) is 6.10 Å². The third-order valence-corrected chi connectivity index (χ3v) is 7.00. The van der Waals surface area contributed by atoms with Gasteiger partial charge in [0, 0.05) is 23.7 Å². The lowest BCUT2D eigenvalue weighted by atomic mass is 9.95. The van der Waals surface area contributed by atoms with Gasteiger partial charge in [0.15, 0.2) is 0 Å². The van der Waals surface area contributed by atoms with Crippen LogP contribution in [0.25, 0.3) is 0 Å². The molecule has 0 saturated heterocycles. The van der Waals surface area contributed by atoms with E-state index in [1.807, 2.05) is 46.8 Å². The number of anilines is 1. The highest BCUT2D eigenvalue weighted by molar-refractivity contribution is 6.42. The third kappa shape index (κ3) is 9.73. The van der Waals surface area contributed by atoms with Crippen LogP contribution in [0.5, 0.6) is 0 Å². The van der Waals surface area contributed by atoms with Crippen LogP contribution in [0.2, 0.25) is 10.0 Å². The first kappa shape index (κ1) is 32.4. The van der Waals surface area contributed by atoms with Crippen molar-refractivity contribution in [2.45, 2.75) is 80.5 Å². The Hall–Kier alpha value is -2.77. The van der Waals surface area contributed by atoms with E-state index in [-0.39, 0.29) is 24.5 Å². The largest absolute Gasteiger partial charge is 0.455 e. The van der Waals surface area contributed by atoms with E-state index in [0.29, 0.717) is 34.3 Å². The lowest BCUT2D eigenvalue weighted by Gasteiger charge is -2.33. The van der Waals surface area contributed by atoms with E-state index >= 15 is 0 Å². The molecule has 0 spiro atoms. The Labute approximate surface area is 242 Å². The Morgan fingerprint density at radius 2 is 1.54 bits per heavy atom. The van der Waals surface area contributed by atoms with Crippen molar-refractivity contribution in [2.75, 3.05) is 11.9 Å². The molecule has 2 aromatic rings. The quantitative estimate of drug-likeness (QED) is 0.300. The number of nitrogens with zero attached hydrogens (tertiary/aromatic N) is 1. The second-order valence-corrected chi connectivity index (χ2v) is 12.6. The topological polar surface area (TPSA) is 87.7 Å². The average molecular weight is 579 g/mol. The molecular formula is C30H41Cl2N3O4. The van der Waals surface area contributed by atoms with Crippen LogP contribution in [0.4, 0.5) is 10.5 Å². The van der Waals surface area contributed by atoms with Crippen molar-refractivity contribution in [3.05, 3.63) is 63.6 Å². The molecular weight excluding hydrogens is 537 g/mol. The number of carbonyl (C=O) groups excluding carboxylic acids is 3. The molecule has 0 aliphatic carbocycles. The highest BCUT2D eigenvalue weighted by Gasteiger charge is 2.31. The minimum absolute atomic E-state index is 0.0345. The minimum atomic E-state index is -0.750. The monoisotopic (exact) mass is 577 g/mol. The highest BCUT2D eigenvalue weighted by Crippen LogP contribution is 2.30. The molecule has 0 aromatic heterocycles. The second kappa shape index (κ2) is 13.5. The fourth-order valence-corrected chi connectivity index (χ4v) is 3.75. The maximum absolute atomic E-state index is 13.5. The molecule has 2 aromatic carbocycles. The van der Waals surface area contributed by atoms with E-state index in [4.69, 9.17) is 27.9 Å². The van der Waals surface area contributed by atoms with Gasteiger partial charge in [-0.25, -0.2) is 4.79 Å². The lowest BCUT2D eigenvalue weighted by Crippen LogP contribution is -2.44. The summed E-state index contributed by atoms with van der Waals surface area (Å²) in [6.45, 7) is 15.4. The Balaban J connectivity index is 2.23. The van der Waals surface area contributed by atoms with Gasteiger partial charge in [0.2, 0.25) is 5.91 Å². The predicted molar refractivity (Wildman–Crippen MR) is 158 cm³/mol. The Morgan fingerprint density at radius 3 is 2.05 bits per heavy atom. The predicted octanol–water partition coefficient (Wildman–Crippen LogP) is 7.62. The number of benzene rings is 2. The number of esters is 1. The zero-order chi connectivity index (χ0) is 29.5. The molecule has 0 heterocycles. The van der Waals surface area contributed by atoms with Crippen LogP contribution in [0.3, 0.4) is 0 Å². The molecule has 0 radical (unpaired) electrons. The van der Waals surface area contributed by atoms with Gasteiger partial charge in [0.25, 0.3) is 0 Å². The minimum Gasteiger partial charge on any atom is -0.455 e. The third-order valence-electron chi connectivity index (χ3n) is 6.26. The first-order chi connectivity index (χ1) is 18.0. The standard InChI is InChI=1S/C30H41Cl2N3O4/c1-9-19(2)35(18-25(39-27(37)30(6,7)8)21-12-15-23(31)24(32)16-21)28(38)34-22-13-10-20(11-14-22)17-33-26(36)29(3,4)5/h10-16,19,25H,9,17-18H2,1-8H3,(H,33,36)(H,34,38)/t19-,25-/m1/s1. The summed E-state index contributed by atoms with van der Waals surface area (Å²) in [4.78, 5) is 40.1. The number of hydrogen-bond donors (Lipinski definition) is 2. The van der Waals surface area contributed by atoms with E-state index in [1.54, 1.807) is 56.0 Å². The van der Waals surface area contributed by atoms with E-state index in [2.05, 4.69) is 10.6 Å². The fraction of sp³-hybridized carbons (Fsp3) is 0.500. The molecule has 0 fully saturated rings. The first-order valence-electron chi connectivity index (χ1n) is 13.1. The zero-order valence-corrected chi connectivity index (χ0v) is 25.7. The Morgan fingerprint density at radius 1 is 0.923 bits per heavy atom. The Kier molecular flexibility index (Phi) is 11.3. The number of rotatable bonds is 9. The van der Waals surface area contributed by atoms with Crippen molar-refractivity contribution >= 4 is 46.8 Å². The summed E-state index contributed by atoms with van der Waals surface area (Å²) in [6, 6.07) is 11.9. The smallest absolute Gasteiger partial charge is 0.322 e. The SMILES string of the molecule is CC[C@@H](C)N(C[C@@H](OC(=O)C(C)(C)C)c1ccc(Cl)c(Cl)c1)C(=O)Nc1ccc(CNC(=O)C(C)(C)C)cc1. The summed E-state index contributed by atoms with van der Waals surface area (Å²) in [5.74, 6) is -0.426. The van der Waals surface area contributed by atoms with Crippen LogP contribution in [-0.4, -0.2) is 35.4 Å². The molecule has 9 heteroatoms. The number of nitrogens with one attached hydrogen (secondary N) is 2. The molecule has 0 saturated carbocycles. The van der Waals surface area contributed by atoms with Gasteiger partial charge in [0.05, 0.1) is 22.0 Å². The first-order valence-corrected chi connectivity index (χ1v) is 13.9. The van der Waals surface area contributed by atoms with E-state index in [0.717, 1.165) is 5.56 Å². The number of hydrogen-bond acceptors (Lipinski definition) is 4. The van der Waals surface area contributed by atoms with E-state index in [1.165, 1.54) is 0 Å². The van der Waals surface area contributed by atoms with Gasteiger partial charge < -0.3 is 20.3 Å². The van der Waals surface area contributed by atoms with Crippen LogP contribution in [0, 0.1) is 10.8 Å². The van der Waals surface area contributed by atoms with Gasteiger partial charge in [-0.3, -0.25) is 9.59 Å². The zero-order valence-electron chi connectivity index (χ0n) is 24.2. The van der Waals surface area contributed by atoms with Crippen LogP contribution in [0.15, 0.2) is 42.5 Å². The van der Waals surface area contributed by atoms with Crippen LogP contribution < -0.4 is 10.6 Å². The molecule has 3 amide bonds. The number of halogens is 2. The van der Waals surface area contributed by atoms with Gasteiger partial charge in [-0.2, -0.15) is 0 Å². The van der Waals surface area contributed by atoms with Crippen LogP contribution >= 0.6 is 23.2 Å². The molecule has 39 heavy (non-hydrogen) atoms. The van der Waals surface area contributed by atoms with Crippen molar-refractivity contribution < 1.29 is 19.1 Å². The van der Waals surface area contributed by atoms with E-state index in [9.17, 15) is 14.4 Å². The number of urea groups is 1. The maximum Gasteiger partial charge on any atom is 0.322 e. The van der Waals surface area contributed by atoms with Crippen LogP contribution in [-0.2, 0) is 20.9 Å². The highest BCUT2D eigenvalue weighted by atomic mass is 35.5. The fourth-order valence-electron chi connectivity index (χ4n) is 3.44. The van der Waals surface area contributed by atoms with Crippen molar-refractivity contribution in [3.63, 3.8) is 0 Å². The van der Waals surface area contributed by atoms with Gasteiger partial charge in [-0.1, -0.05) is 69.1 Å². The molecule has 0 unspecified atom stereocenters. The van der Waals surface area contributed by atoms with Crippen molar-refractivity contribution in [2.24, 2.45) is 10.8 Å². The van der Waals surface area contributed by atoms with Gasteiger partial charge in [-0.05, 0) is 69.5 Å². The summed E-state index contributed by atoms with van der Waals surface area (Å²) >= 11 is 12.4. The summed E-state index contributed by atoms with van der Waals surface area (Å²) in [5, 5.41) is 6.59. The number of amides is 3. The molecule has 2 rings (SSSR count). The van der Waals surface area contributed by atoms with Crippen molar-refractivity contribution in [1.82, 2.24) is 10.2 Å². The van der Waals surface area contributed by atoms with Gasteiger partial charge >= 0.3 is 12.0 Å². The second-order valence-electron chi connectivity index (χ2n) is 11.8. The normalized spacial score (nSPS) is 13.3. The lowest BCUT2D eigenvalue weighted by molar-refractivity contribution is -0.160. The molecule has 7 nitrogen and oxygen atoms in total. The molecule has 0 bridgehead atoms. The summed E-state index contributed by atoms with van der Waals surface area (Å²) < 4.78 is 5.91. The summed E-state index contributed by atoms with van der Waals surface area (Å²) in [5.41, 5.74) is 0.968. The van der Waals surface area contributed by atoms with Gasteiger partial charge in [-0.15, -0.1) is 0 Å². The maximum atomic E-state index is 13.5. The Bertz CT molecular complexity index is 1150. The number of ether oxygens (including phenoxy) is 1. The van der Waals surface area contributed by atoms with E-state index < -0.39 is 22.9 Å². The number of carbonyl (C=O) groups is 3. The van der Waals surface area contributed by atoms with Crippen LogP contribution in [0.1, 0.15) is 79.0 Å². The summed E-state index contributed by atoms with van der Waals surface area (Å²) in [6.07, 6.45) is -0.0544. The molecule has 214 valence electrons. The molecule has 2 N–H and O–H groups in total. The summed E-state index contributed by atoms with van der Waals surface area (Å²) in [7, 11) is 0. The molecule has 0 aliphatic rings. The van der Waals surface area contributed by atoms with Crippen molar-refractivity contribution in [3.8, 4) is 0 Å². The average Bonchev–Trinajstić information content (AvgIpc) is 2.85.